The van der Waals surface area contributed by atoms with Crippen LogP contribution in [0.25, 0.3) is 0 Å². The summed E-state index contributed by atoms with van der Waals surface area (Å²) in [6, 6.07) is 0.282. The summed E-state index contributed by atoms with van der Waals surface area (Å²) in [6.07, 6.45) is 10.5. The Kier molecular flexibility index (Phi) is 5.08. The molecule has 0 bridgehead atoms. The average Bonchev–Trinajstić information content (AvgIpc) is 2.96. The molecule has 2 aliphatic rings. The van der Waals surface area contributed by atoms with Crippen LogP contribution in [0.15, 0.2) is 12.7 Å². The van der Waals surface area contributed by atoms with Crippen LogP contribution in [0.1, 0.15) is 51.5 Å². The maximum absolute atomic E-state index is 12.9. The predicted octanol–water partition coefficient (Wildman–Crippen LogP) is 1.71. The lowest BCUT2D eigenvalue weighted by Gasteiger charge is -2.37. The summed E-state index contributed by atoms with van der Waals surface area (Å²) in [5.41, 5.74) is 0. The standard InChI is InChI=1S/C16H27N5O/c1-14(19-8-4-2-3-5-9-19)16(22)20-10-6-7-15(11-20)21-13-17-12-18-21/h12-15H,2-11H2,1H3/t14-,15-/m1/s1. The first-order valence-corrected chi connectivity index (χ1v) is 8.62. The second-order valence-electron chi connectivity index (χ2n) is 6.58. The summed E-state index contributed by atoms with van der Waals surface area (Å²) < 4.78 is 1.90. The molecule has 6 heteroatoms. The van der Waals surface area contributed by atoms with E-state index in [0.717, 1.165) is 39.0 Å². The van der Waals surface area contributed by atoms with Crippen molar-refractivity contribution < 1.29 is 4.79 Å². The molecule has 1 aromatic heterocycles. The van der Waals surface area contributed by atoms with Gasteiger partial charge in [0.1, 0.15) is 12.7 Å². The molecular weight excluding hydrogens is 278 g/mol. The number of aromatic nitrogens is 3. The van der Waals surface area contributed by atoms with Crippen LogP contribution in [0, 0.1) is 0 Å². The van der Waals surface area contributed by atoms with Crippen LogP contribution >= 0.6 is 0 Å². The highest BCUT2D eigenvalue weighted by atomic mass is 16.2. The van der Waals surface area contributed by atoms with E-state index in [9.17, 15) is 4.79 Å². The lowest BCUT2D eigenvalue weighted by molar-refractivity contribution is -0.138. The van der Waals surface area contributed by atoms with Gasteiger partial charge in [0.2, 0.25) is 5.91 Å². The normalized spacial score (nSPS) is 25.7. The number of likely N-dealkylation sites (tertiary alicyclic amines) is 2. The van der Waals surface area contributed by atoms with Crippen molar-refractivity contribution in [1.29, 1.82) is 0 Å². The van der Waals surface area contributed by atoms with Crippen molar-refractivity contribution in [2.45, 2.75) is 57.5 Å². The van der Waals surface area contributed by atoms with Gasteiger partial charge in [-0.25, -0.2) is 9.67 Å². The molecule has 3 heterocycles. The van der Waals surface area contributed by atoms with Crippen molar-refractivity contribution in [2.24, 2.45) is 0 Å². The van der Waals surface area contributed by atoms with Gasteiger partial charge in [0.05, 0.1) is 12.1 Å². The number of carbonyl (C=O) groups excluding carboxylic acids is 1. The van der Waals surface area contributed by atoms with Gasteiger partial charge in [0.15, 0.2) is 0 Å². The molecule has 2 aliphatic heterocycles. The van der Waals surface area contributed by atoms with Crippen LogP contribution in [0.4, 0.5) is 0 Å². The number of hydrogen-bond acceptors (Lipinski definition) is 4. The third kappa shape index (κ3) is 3.48. The topological polar surface area (TPSA) is 54.3 Å². The highest BCUT2D eigenvalue weighted by Gasteiger charge is 2.30. The number of amides is 1. The van der Waals surface area contributed by atoms with Crippen molar-refractivity contribution in [2.75, 3.05) is 26.2 Å². The van der Waals surface area contributed by atoms with Gasteiger partial charge in [-0.1, -0.05) is 12.8 Å². The minimum absolute atomic E-state index is 0.00703. The van der Waals surface area contributed by atoms with E-state index in [1.165, 1.54) is 25.7 Å². The maximum atomic E-state index is 12.9. The van der Waals surface area contributed by atoms with E-state index >= 15 is 0 Å². The third-order valence-electron chi connectivity index (χ3n) is 5.06. The Morgan fingerprint density at radius 2 is 1.91 bits per heavy atom. The quantitative estimate of drug-likeness (QED) is 0.853. The molecule has 0 N–H and O–H groups in total. The molecule has 2 saturated heterocycles. The van der Waals surface area contributed by atoms with Crippen LogP contribution in [0.5, 0.6) is 0 Å². The Balaban J connectivity index is 1.60. The average molecular weight is 305 g/mol. The van der Waals surface area contributed by atoms with E-state index in [-0.39, 0.29) is 18.0 Å². The van der Waals surface area contributed by atoms with Crippen LogP contribution in [0.3, 0.4) is 0 Å². The molecule has 1 amide bonds. The molecule has 0 saturated carbocycles. The second kappa shape index (κ2) is 7.22. The fraction of sp³-hybridized carbons (Fsp3) is 0.812. The van der Waals surface area contributed by atoms with E-state index in [1.54, 1.807) is 12.7 Å². The van der Waals surface area contributed by atoms with Gasteiger partial charge >= 0.3 is 0 Å². The lowest BCUT2D eigenvalue weighted by atomic mass is 10.0. The summed E-state index contributed by atoms with van der Waals surface area (Å²) in [6.45, 7) is 5.84. The van der Waals surface area contributed by atoms with Gasteiger partial charge in [-0.2, -0.15) is 5.10 Å². The zero-order valence-electron chi connectivity index (χ0n) is 13.5. The lowest BCUT2D eigenvalue weighted by Crippen LogP contribution is -2.50. The molecule has 6 nitrogen and oxygen atoms in total. The van der Waals surface area contributed by atoms with Gasteiger partial charge in [-0.15, -0.1) is 0 Å². The molecule has 0 aliphatic carbocycles. The molecule has 0 spiro atoms. The van der Waals surface area contributed by atoms with E-state index in [4.69, 9.17) is 0 Å². The summed E-state index contributed by atoms with van der Waals surface area (Å²) in [4.78, 5) is 21.3. The second-order valence-corrected chi connectivity index (χ2v) is 6.58. The molecule has 3 rings (SSSR count). The molecule has 22 heavy (non-hydrogen) atoms. The predicted molar refractivity (Wildman–Crippen MR) is 84.4 cm³/mol. The first-order chi connectivity index (χ1) is 10.8. The van der Waals surface area contributed by atoms with E-state index < -0.39 is 0 Å². The number of piperidine rings is 1. The van der Waals surface area contributed by atoms with Crippen LogP contribution in [-0.4, -0.2) is 62.7 Å². The molecule has 0 radical (unpaired) electrons. The minimum atomic E-state index is 0.00703. The van der Waals surface area contributed by atoms with Gasteiger partial charge in [0, 0.05) is 13.1 Å². The third-order valence-corrected chi connectivity index (χ3v) is 5.06. The maximum Gasteiger partial charge on any atom is 0.239 e. The monoisotopic (exact) mass is 305 g/mol. The van der Waals surface area contributed by atoms with Gasteiger partial charge in [-0.05, 0) is 45.7 Å². The number of nitrogens with zero attached hydrogens (tertiary/aromatic N) is 5. The molecule has 2 atom stereocenters. The largest absolute Gasteiger partial charge is 0.339 e. The number of rotatable bonds is 3. The zero-order chi connectivity index (χ0) is 15.4. The van der Waals surface area contributed by atoms with Crippen molar-refractivity contribution >= 4 is 5.91 Å². The van der Waals surface area contributed by atoms with Crippen LogP contribution in [0.2, 0.25) is 0 Å². The van der Waals surface area contributed by atoms with Crippen molar-refractivity contribution in [1.82, 2.24) is 24.6 Å². The smallest absolute Gasteiger partial charge is 0.239 e. The van der Waals surface area contributed by atoms with Crippen molar-refractivity contribution in [3.63, 3.8) is 0 Å². The summed E-state index contributed by atoms with van der Waals surface area (Å²) in [5, 5.41) is 4.24. The Hall–Kier alpha value is -1.43. The highest BCUT2D eigenvalue weighted by Crippen LogP contribution is 2.22. The molecular formula is C16H27N5O. The minimum Gasteiger partial charge on any atom is -0.339 e. The van der Waals surface area contributed by atoms with Gasteiger partial charge in [0.25, 0.3) is 0 Å². The number of carbonyl (C=O) groups is 1. The Morgan fingerprint density at radius 1 is 1.14 bits per heavy atom. The van der Waals surface area contributed by atoms with Crippen LogP contribution in [-0.2, 0) is 4.79 Å². The van der Waals surface area contributed by atoms with Gasteiger partial charge < -0.3 is 4.90 Å². The SMILES string of the molecule is C[C@H](C(=O)N1CCC[C@@H](n2cncn2)C1)N1CCCCCC1. The first kappa shape index (κ1) is 15.5. The Bertz CT molecular complexity index is 467. The summed E-state index contributed by atoms with van der Waals surface area (Å²) in [5.74, 6) is 0.284. The molecule has 0 unspecified atom stereocenters. The fourth-order valence-corrected chi connectivity index (χ4v) is 3.68. The fourth-order valence-electron chi connectivity index (χ4n) is 3.68. The van der Waals surface area contributed by atoms with E-state index in [2.05, 4.69) is 21.9 Å². The zero-order valence-corrected chi connectivity index (χ0v) is 13.5. The molecule has 0 aromatic carbocycles. The summed E-state index contributed by atoms with van der Waals surface area (Å²) >= 11 is 0. The van der Waals surface area contributed by atoms with Crippen molar-refractivity contribution in [3.8, 4) is 0 Å². The summed E-state index contributed by atoms with van der Waals surface area (Å²) in [7, 11) is 0. The highest BCUT2D eigenvalue weighted by molar-refractivity contribution is 5.81. The van der Waals surface area contributed by atoms with Crippen LogP contribution < -0.4 is 0 Å². The van der Waals surface area contributed by atoms with Gasteiger partial charge in [-0.3, -0.25) is 9.69 Å². The molecule has 2 fully saturated rings. The van der Waals surface area contributed by atoms with E-state index in [1.807, 2.05) is 9.58 Å². The first-order valence-electron chi connectivity index (χ1n) is 8.62. The molecule has 122 valence electrons. The van der Waals surface area contributed by atoms with Crippen molar-refractivity contribution in [3.05, 3.63) is 12.7 Å². The molecule has 1 aromatic rings. The Labute approximate surface area is 132 Å². The Morgan fingerprint density at radius 3 is 2.59 bits per heavy atom. The number of hydrogen-bond donors (Lipinski definition) is 0. The van der Waals surface area contributed by atoms with E-state index in [0.29, 0.717) is 0 Å².